The Bertz CT molecular complexity index is 224. The first-order chi connectivity index (χ1) is 8.61. The summed E-state index contributed by atoms with van der Waals surface area (Å²) in [6.45, 7) is -0.137. The molecule has 5 atom stereocenters. The fourth-order valence-corrected chi connectivity index (χ4v) is 1.59. The summed E-state index contributed by atoms with van der Waals surface area (Å²) < 4.78 is 15.2. The van der Waals surface area contributed by atoms with Crippen molar-refractivity contribution in [3.05, 3.63) is 0 Å². The first-order valence-electron chi connectivity index (χ1n) is 5.72. The van der Waals surface area contributed by atoms with E-state index in [0.29, 0.717) is 0 Å². The summed E-state index contributed by atoms with van der Waals surface area (Å²) in [6, 6.07) is 0. The second kappa shape index (κ2) is 7.97. The Balaban J connectivity index is 2.35. The molecule has 0 aliphatic carbocycles. The van der Waals surface area contributed by atoms with Crippen molar-refractivity contribution in [2.24, 2.45) is 0 Å². The highest BCUT2D eigenvalue weighted by atomic mass is 16.7. The van der Waals surface area contributed by atoms with Crippen molar-refractivity contribution in [2.75, 3.05) is 33.0 Å². The van der Waals surface area contributed by atoms with E-state index in [4.69, 9.17) is 24.4 Å². The average Bonchev–Trinajstić information content (AvgIpc) is 2.38. The summed E-state index contributed by atoms with van der Waals surface area (Å²) in [5.74, 6) is 0. The van der Waals surface area contributed by atoms with Crippen LogP contribution >= 0.6 is 0 Å². The van der Waals surface area contributed by atoms with E-state index in [1.54, 1.807) is 0 Å². The van der Waals surface area contributed by atoms with Gasteiger partial charge in [-0.05, 0) is 0 Å². The maximum absolute atomic E-state index is 9.60. The molecule has 0 radical (unpaired) electrons. The Morgan fingerprint density at radius 1 is 0.889 bits per heavy atom. The van der Waals surface area contributed by atoms with Gasteiger partial charge in [0.15, 0.2) is 6.29 Å². The van der Waals surface area contributed by atoms with Gasteiger partial charge in [-0.3, -0.25) is 0 Å². The molecule has 1 unspecified atom stereocenters. The molecule has 1 aliphatic heterocycles. The monoisotopic (exact) mass is 268 g/mol. The summed E-state index contributed by atoms with van der Waals surface area (Å²) in [6.07, 6.45) is -6.36. The van der Waals surface area contributed by atoms with Gasteiger partial charge in [0, 0.05) is 0 Å². The van der Waals surface area contributed by atoms with Crippen LogP contribution in [0.3, 0.4) is 0 Å². The van der Waals surface area contributed by atoms with Crippen LogP contribution in [0.2, 0.25) is 0 Å². The molecule has 0 spiro atoms. The molecule has 0 amide bonds. The quantitative estimate of drug-likeness (QED) is 0.306. The van der Waals surface area contributed by atoms with Crippen LogP contribution in [0.15, 0.2) is 0 Å². The second-order valence-electron chi connectivity index (χ2n) is 3.90. The van der Waals surface area contributed by atoms with Gasteiger partial charge < -0.3 is 39.7 Å². The molecule has 108 valence electrons. The molecule has 0 bridgehead atoms. The Morgan fingerprint density at radius 2 is 1.61 bits per heavy atom. The van der Waals surface area contributed by atoms with Gasteiger partial charge in [0.1, 0.15) is 24.4 Å². The molecule has 1 rings (SSSR count). The maximum Gasteiger partial charge on any atom is 0.186 e. The van der Waals surface area contributed by atoms with Crippen LogP contribution in [0.5, 0.6) is 0 Å². The fraction of sp³-hybridized carbons (Fsp3) is 1.00. The van der Waals surface area contributed by atoms with Crippen LogP contribution in [-0.2, 0) is 14.2 Å². The lowest BCUT2D eigenvalue weighted by Crippen LogP contribution is -2.59. The number of aliphatic hydroxyl groups is 5. The van der Waals surface area contributed by atoms with Crippen LogP contribution in [0.1, 0.15) is 0 Å². The molecule has 0 aromatic carbocycles. The molecule has 1 aliphatic rings. The number of ether oxygens (including phenoxy) is 3. The highest BCUT2D eigenvalue weighted by molar-refractivity contribution is 4.88. The zero-order valence-corrected chi connectivity index (χ0v) is 9.88. The predicted octanol–water partition coefficient (Wildman–Crippen LogP) is -3.19. The summed E-state index contributed by atoms with van der Waals surface area (Å²) in [7, 11) is 0. The van der Waals surface area contributed by atoms with E-state index < -0.39 is 37.3 Å². The number of hydrogen-bond donors (Lipinski definition) is 5. The van der Waals surface area contributed by atoms with E-state index in [1.807, 2.05) is 0 Å². The van der Waals surface area contributed by atoms with E-state index in [-0.39, 0.29) is 26.4 Å². The molecule has 1 saturated heterocycles. The fourth-order valence-electron chi connectivity index (χ4n) is 1.59. The normalized spacial score (nSPS) is 36.8. The van der Waals surface area contributed by atoms with E-state index >= 15 is 0 Å². The van der Waals surface area contributed by atoms with Crippen LogP contribution < -0.4 is 0 Å². The van der Waals surface area contributed by atoms with Crippen molar-refractivity contribution in [1.29, 1.82) is 0 Å². The lowest BCUT2D eigenvalue weighted by molar-refractivity contribution is -0.302. The third-order valence-corrected chi connectivity index (χ3v) is 2.59. The topological polar surface area (TPSA) is 129 Å². The molecular weight excluding hydrogens is 248 g/mol. The van der Waals surface area contributed by atoms with Crippen LogP contribution in [-0.4, -0.2) is 89.3 Å². The Hall–Kier alpha value is -0.320. The van der Waals surface area contributed by atoms with Crippen molar-refractivity contribution in [1.82, 2.24) is 0 Å². The highest BCUT2D eigenvalue weighted by Crippen LogP contribution is 2.21. The van der Waals surface area contributed by atoms with Gasteiger partial charge in [-0.1, -0.05) is 0 Å². The Labute approximate surface area is 104 Å². The standard InChI is InChI=1S/C10H20O8/c11-1-2-16-3-4-17-10-9(15)8(14)7(13)6(5-12)18-10/h6-15H,1-5H2/t6-,7-,8+,9-,10?/m1/s1. The largest absolute Gasteiger partial charge is 0.394 e. The van der Waals surface area contributed by atoms with Crippen molar-refractivity contribution in [3.63, 3.8) is 0 Å². The van der Waals surface area contributed by atoms with Crippen molar-refractivity contribution < 1.29 is 39.7 Å². The van der Waals surface area contributed by atoms with E-state index in [9.17, 15) is 15.3 Å². The number of hydrogen-bond acceptors (Lipinski definition) is 8. The summed E-state index contributed by atoms with van der Waals surface area (Å²) in [4.78, 5) is 0. The van der Waals surface area contributed by atoms with E-state index in [0.717, 1.165) is 0 Å². The smallest absolute Gasteiger partial charge is 0.186 e. The maximum atomic E-state index is 9.60. The third-order valence-electron chi connectivity index (χ3n) is 2.59. The molecule has 1 heterocycles. The third kappa shape index (κ3) is 4.11. The molecule has 1 fully saturated rings. The van der Waals surface area contributed by atoms with Gasteiger partial charge in [0.05, 0.1) is 33.0 Å². The van der Waals surface area contributed by atoms with Crippen molar-refractivity contribution in [2.45, 2.75) is 30.7 Å². The number of aliphatic hydroxyl groups excluding tert-OH is 5. The molecule has 0 aromatic heterocycles. The molecule has 0 saturated carbocycles. The van der Waals surface area contributed by atoms with Gasteiger partial charge in [-0.15, -0.1) is 0 Å². The van der Waals surface area contributed by atoms with Gasteiger partial charge in [0.25, 0.3) is 0 Å². The SMILES string of the molecule is OCCOCCOC1O[C@H](CO)[C@@H](O)[C@H](O)[C@H]1O. The Morgan fingerprint density at radius 3 is 2.22 bits per heavy atom. The number of rotatable bonds is 7. The van der Waals surface area contributed by atoms with Gasteiger partial charge in [-0.2, -0.15) is 0 Å². The second-order valence-corrected chi connectivity index (χ2v) is 3.90. The van der Waals surface area contributed by atoms with Crippen LogP contribution in [0.25, 0.3) is 0 Å². The molecule has 5 N–H and O–H groups in total. The molecular formula is C10H20O8. The minimum Gasteiger partial charge on any atom is -0.394 e. The summed E-state index contributed by atoms with van der Waals surface area (Å²) in [5, 5.41) is 46.0. The molecule has 18 heavy (non-hydrogen) atoms. The van der Waals surface area contributed by atoms with E-state index in [1.165, 1.54) is 0 Å². The Kier molecular flexibility index (Phi) is 6.97. The van der Waals surface area contributed by atoms with Crippen molar-refractivity contribution in [3.8, 4) is 0 Å². The molecule has 8 nitrogen and oxygen atoms in total. The summed E-state index contributed by atoms with van der Waals surface area (Å²) in [5.41, 5.74) is 0. The summed E-state index contributed by atoms with van der Waals surface area (Å²) >= 11 is 0. The van der Waals surface area contributed by atoms with Crippen molar-refractivity contribution >= 4 is 0 Å². The minimum atomic E-state index is -1.45. The minimum absolute atomic E-state index is 0.0860. The van der Waals surface area contributed by atoms with Crippen LogP contribution in [0, 0.1) is 0 Å². The lowest BCUT2D eigenvalue weighted by Gasteiger charge is -2.39. The zero-order valence-electron chi connectivity index (χ0n) is 9.88. The van der Waals surface area contributed by atoms with E-state index in [2.05, 4.69) is 0 Å². The zero-order chi connectivity index (χ0) is 13.5. The first kappa shape index (κ1) is 15.7. The van der Waals surface area contributed by atoms with Crippen LogP contribution in [0.4, 0.5) is 0 Å². The average molecular weight is 268 g/mol. The first-order valence-corrected chi connectivity index (χ1v) is 5.72. The lowest BCUT2D eigenvalue weighted by atomic mass is 9.99. The van der Waals surface area contributed by atoms with Gasteiger partial charge in [0.2, 0.25) is 0 Å². The molecule has 8 heteroatoms. The highest BCUT2D eigenvalue weighted by Gasteiger charge is 2.43. The predicted molar refractivity (Wildman–Crippen MR) is 57.6 cm³/mol. The molecule has 0 aromatic rings. The van der Waals surface area contributed by atoms with Gasteiger partial charge >= 0.3 is 0 Å². The van der Waals surface area contributed by atoms with Gasteiger partial charge in [-0.25, -0.2) is 0 Å².